The number of carbonyl (C=O) groups is 1. The molecule has 94 valence electrons. The molecule has 0 radical (unpaired) electrons. The summed E-state index contributed by atoms with van der Waals surface area (Å²) >= 11 is 1.78. The van der Waals surface area contributed by atoms with Crippen molar-refractivity contribution < 1.29 is 4.79 Å². The maximum atomic E-state index is 11.8. The Morgan fingerprint density at radius 3 is 2.65 bits per heavy atom. The molecule has 1 amide bonds. The first-order valence-corrected chi connectivity index (χ1v) is 7.11. The Kier molecular flexibility index (Phi) is 6.08. The fourth-order valence-corrected chi connectivity index (χ4v) is 2.23. The summed E-state index contributed by atoms with van der Waals surface area (Å²) in [5.74, 6) is 1.40. The molecule has 0 aliphatic heterocycles. The van der Waals surface area contributed by atoms with E-state index in [9.17, 15) is 4.79 Å². The zero-order chi connectivity index (χ0) is 12.7. The molecule has 1 unspecified atom stereocenters. The fourth-order valence-electron chi connectivity index (χ4n) is 1.54. The molecule has 1 aromatic carbocycles. The van der Waals surface area contributed by atoms with Crippen LogP contribution in [-0.4, -0.2) is 24.5 Å². The molecule has 0 spiro atoms. The third-order valence-electron chi connectivity index (χ3n) is 2.52. The topological polar surface area (TPSA) is 55.1 Å². The normalized spacial score (nSPS) is 14.1. The first-order valence-electron chi connectivity index (χ1n) is 5.72. The van der Waals surface area contributed by atoms with Gasteiger partial charge >= 0.3 is 0 Å². The Bertz CT molecular complexity index is 343. The smallest absolute Gasteiger partial charge is 0.241 e. The Labute approximate surface area is 107 Å². The van der Waals surface area contributed by atoms with Crippen LogP contribution in [0.25, 0.3) is 0 Å². The van der Waals surface area contributed by atoms with Gasteiger partial charge in [0.25, 0.3) is 0 Å². The van der Waals surface area contributed by atoms with E-state index in [-0.39, 0.29) is 5.91 Å². The lowest BCUT2D eigenvalue weighted by molar-refractivity contribution is -0.122. The van der Waals surface area contributed by atoms with Crippen LogP contribution in [-0.2, 0) is 4.79 Å². The van der Waals surface area contributed by atoms with Gasteiger partial charge < -0.3 is 11.1 Å². The van der Waals surface area contributed by atoms with Crippen LogP contribution >= 0.6 is 11.8 Å². The van der Waals surface area contributed by atoms with E-state index in [0.717, 1.165) is 11.3 Å². The van der Waals surface area contributed by atoms with Crippen molar-refractivity contribution in [1.82, 2.24) is 5.32 Å². The number of hydrogen-bond donors (Lipinski definition) is 2. The van der Waals surface area contributed by atoms with E-state index in [4.69, 9.17) is 5.73 Å². The predicted molar refractivity (Wildman–Crippen MR) is 73.9 cm³/mol. The van der Waals surface area contributed by atoms with Crippen molar-refractivity contribution in [2.75, 3.05) is 18.6 Å². The summed E-state index contributed by atoms with van der Waals surface area (Å²) in [6.07, 6.45) is 2.06. The second kappa shape index (κ2) is 7.35. The average molecular weight is 252 g/mol. The minimum absolute atomic E-state index is 0.107. The SMILES string of the molecule is CSCC(C)CNC(=O)[C@@H](N)c1ccccc1. The largest absolute Gasteiger partial charge is 0.354 e. The van der Waals surface area contributed by atoms with Crippen LogP contribution in [0.4, 0.5) is 0 Å². The van der Waals surface area contributed by atoms with E-state index in [0.29, 0.717) is 12.5 Å². The number of nitrogens with two attached hydrogens (primary N) is 1. The monoisotopic (exact) mass is 252 g/mol. The summed E-state index contributed by atoms with van der Waals surface area (Å²) in [6, 6.07) is 8.86. The Hall–Kier alpha value is -1.00. The van der Waals surface area contributed by atoms with Crippen LogP contribution in [0.3, 0.4) is 0 Å². The van der Waals surface area contributed by atoms with Gasteiger partial charge in [-0.1, -0.05) is 37.3 Å². The summed E-state index contributed by atoms with van der Waals surface area (Å²) < 4.78 is 0. The van der Waals surface area contributed by atoms with E-state index in [2.05, 4.69) is 18.5 Å². The Morgan fingerprint density at radius 1 is 1.41 bits per heavy atom. The molecule has 4 heteroatoms. The van der Waals surface area contributed by atoms with Gasteiger partial charge in [0.2, 0.25) is 5.91 Å². The van der Waals surface area contributed by atoms with Crippen molar-refractivity contribution in [3.63, 3.8) is 0 Å². The van der Waals surface area contributed by atoms with Crippen LogP contribution in [0, 0.1) is 5.92 Å². The van der Waals surface area contributed by atoms with Gasteiger partial charge in [0.05, 0.1) is 0 Å². The summed E-state index contributed by atoms with van der Waals surface area (Å²) in [7, 11) is 0. The second-order valence-electron chi connectivity index (χ2n) is 4.19. The molecule has 17 heavy (non-hydrogen) atoms. The summed E-state index contributed by atoms with van der Waals surface area (Å²) in [5, 5.41) is 2.89. The van der Waals surface area contributed by atoms with Crippen molar-refractivity contribution in [2.24, 2.45) is 11.7 Å². The molecule has 0 bridgehead atoms. The van der Waals surface area contributed by atoms with Gasteiger partial charge in [0.15, 0.2) is 0 Å². The number of carbonyl (C=O) groups excluding carboxylic acids is 1. The molecule has 0 aromatic heterocycles. The molecule has 3 N–H and O–H groups in total. The average Bonchev–Trinajstić information content (AvgIpc) is 2.36. The van der Waals surface area contributed by atoms with Crippen molar-refractivity contribution in [3.8, 4) is 0 Å². The van der Waals surface area contributed by atoms with Gasteiger partial charge in [0, 0.05) is 6.54 Å². The van der Waals surface area contributed by atoms with Gasteiger partial charge in [-0.05, 0) is 23.5 Å². The lowest BCUT2D eigenvalue weighted by atomic mass is 10.1. The van der Waals surface area contributed by atoms with E-state index < -0.39 is 6.04 Å². The fraction of sp³-hybridized carbons (Fsp3) is 0.462. The number of hydrogen-bond acceptors (Lipinski definition) is 3. The van der Waals surface area contributed by atoms with Crippen LogP contribution in [0.5, 0.6) is 0 Å². The van der Waals surface area contributed by atoms with Crippen molar-refractivity contribution >= 4 is 17.7 Å². The van der Waals surface area contributed by atoms with Crippen LogP contribution in [0.2, 0.25) is 0 Å². The zero-order valence-electron chi connectivity index (χ0n) is 10.3. The van der Waals surface area contributed by atoms with Gasteiger partial charge in [-0.15, -0.1) is 0 Å². The first kappa shape index (κ1) is 14.1. The zero-order valence-corrected chi connectivity index (χ0v) is 11.2. The number of nitrogens with one attached hydrogen (secondary N) is 1. The van der Waals surface area contributed by atoms with Gasteiger partial charge in [-0.25, -0.2) is 0 Å². The molecular formula is C13H20N2OS. The van der Waals surface area contributed by atoms with Gasteiger partial charge in [0.1, 0.15) is 6.04 Å². The van der Waals surface area contributed by atoms with Gasteiger partial charge in [-0.2, -0.15) is 11.8 Å². The maximum Gasteiger partial charge on any atom is 0.241 e. The lowest BCUT2D eigenvalue weighted by Gasteiger charge is -2.15. The number of benzene rings is 1. The Balaban J connectivity index is 2.43. The molecule has 1 aromatic rings. The molecule has 2 atom stereocenters. The van der Waals surface area contributed by atoms with E-state index in [1.165, 1.54) is 0 Å². The van der Waals surface area contributed by atoms with Crippen molar-refractivity contribution in [2.45, 2.75) is 13.0 Å². The third-order valence-corrected chi connectivity index (χ3v) is 3.42. The maximum absolute atomic E-state index is 11.8. The molecule has 0 saturated heterocycles. The van der Waals surface area contributed by atoms with Crippen LogP contribution in [0.15, 0.2) is 30.3 Å². The molecule has 0 fully saturated rings. The number of rotatable bonds is 6. The third kappa shape index (κ3) is 4.79. The van der Waals surface area contributed by atoms with Crippen molar-refractivity contribution in [1.29, 1.82) is 0 Å². The number of amides is 1. The highest BCUT2D eigenvalue weighted by Gasteiger charge is 2.15. The minimum Gasteiger partial charge on any atom is -0.354 e. The molecule has 0 aliphatic rings. The quantitative estimate of drug-likeness (QED) is 0.811. The van der Waals surface area contributed by atoms with Crippen LogP contribution in [0.1, 0.15) is 18.5 Å². The summed E-state index contributed by atoms with van der Waals surface area (Å²) in [5.41, 5.74) is 6.73. The molecule has 3 nitrogen and oxygen atoms in total. The molecule has 0 heterocycles. The predicted octanol–water partition coefficient (Wildman–Crippen LogP) is 1.80. The van der Waals surface area contributed by atoms with E-state index >= 15 is 0 Å². The molecular weight excluding hydrogens is 232 g/mol. The number of thioether (sulfide) groups is 1. The van der Waals surface area contributed by atoms with E-state index in [1.54, 1.807) is 11.8 Å². The van der Waals surface area contributed by atoms with Crippen LogP contribution < -0.4 is 11.1 Å². The molecule has 0 saturated carbocycles. The first-order chi connectivity index (χ1) is 8.15. The highest BCUT2D eigenvalue weighted by molar-refractivity contribution is 7.98. The summed E-state index contributed by atoms with van der Waals surface area (Å²) in [4.78, 5) is 11.8. The minimum atomic E-state index is -0.572. The van der Waals surface area contributed by atoms with E-state index in [1.807, 2.05) is 30.3 Å². The standard InChI is InChI=1S/C13H20N2OS/c1-10(9-17-2)8-15-13(16)12(14)11-6-4-3-5-7-11/h3-7,10,12H,8-9,14H2,1-2H3,(H,15,16)/t10?,12-/m0/s1. The molecule has 1 rings (SSSR count). The lowest BCUT2D eigenvalue weighted by Crippen LogP contribution is -2.36. The highest BCUT2D eigenvalue weighted by atomic mass is 32.2. The Morgan fingerprint density at radius 2 is 2.06 bits per heavy atom. The molecule has 0 aliphatic carbocycles. The van der Waals surface area contributed by atoms with Gasteiger partial charge in [-0.3, -0.25) is 4.79 Å². The summed E-state index contributed by atoms with van der Waals surface area (Å²) in [6.45, 7) is 2.80. The second-order valence-corrected chi connectivity index (χ2v) is 5.10. The highest BCUT2D eigenvalue weighted by Crippen LogP contribution is 2.09. The van der Waals surface area contributed by atoms with Crippen molar-refractivity contribution in [3.05, 3.63) is 35.9 Å².